The number of benzene rings is 3. The molecule has 0 heterocycles. The molecule has 4 rings (SSSR count). The van der Waals surface area contributed by atoms with Gasteiger partial charge in [-0.05, 0) is 60.3 Å². The molecule has 0 radical (unpaired) electrons. The molecule has 3 aromatic carbocycles. The summed E-state index contributed by atoms with van der Waals surface area (Å²) in [5, 5.41) is 3.07. The Balaban J connectivity index is 1.57. The monoisotopic (exact) mass is 356 g/mol. The normalized spacial score (nSPS) is 12.7. The number of hydrogen-bond donors (Lipinski definition) is 1. The van der Waals surface area contributed by atoms with Crippen molar-refractivity contribution in [2.45, 2.75) is 19.9 Å². The number of anilines is 1. The van der Waals surface area contributed by atoms with Crippen molar-refractivity contribution in [3.05, 3.63) is 89.0 Å². The fraction of sp³-hybridized carbons (Fsp3) is 0.208. The Morgan fingerprint density at radius 1 is 0.889 bits per heavy atom. The van der Waals surface area contributed by atoms with E-state index in [-0.39, 0.29) is 11.9 Å². The highest BCUT2D eigenvalue weighted by Crippen LogP contribution is 2.45. The topological polar surface area (TPSA) is 32.3 Å². The van der Waals surface area contributed by atoms with Crippen LogP contribution < -0.4 is 5.32 Å². The minimum absolute atomic E-state index is 0.00747. The number of nitrogens with zero attached hydrogens (tertiary/aromatic N) is 1. The minimum atomic E-state index is 0.00747. The average molecular weight is 356 g/mol. The van der Waals surface area contributed by atoms with Crippen molar-refractivity contribution in [1.82, 2.24) is 4.90 Å². The molecule has 3 nitrogen and oxygen atoms in total. The van der Waals surface area contributed by atoms with Gasteiger partial charge in [-0.25, -0.2) is 0 Å². The fourth-order valence-corrected chi connectivity index (χ4v) is 4.00. The molecular weight excluding hydrogens is 332 g/mol. The lowest BCUT2D eigenvalue weighted by Crippen LogP contribution is -2.33. The Morgan fingerprint density at radius 3 is 2.11 bits per heavy atom. The Morgan fingerprint density at radius 2 is 1.48 bits per heavy atom. The van der Waals surface area contributed by atoms with Crippen molar-refractivity contribution in [1.29, 1.82) is 0 Å². The van der Waals surface area contributed by atoms with Crippen molar-refractivity contribution in [2.75, 3.05) is 18.9 Å². The number of fused-ring (bicyclic) bond motifs is 3. The van der Waals surface area contributed by atoms with Crippen LogP contribution in [-0.4, -0.2) is 24.4 Å². The molecule has 0 unspecified atom stereocenters. The summed E-state index contributed by atoms with van der Waals surface area (Å²) in [7, 11) is 2.02. The van der Waals surface area contributed by atoms with Gasteiger partial charge in [0.05, 0.1) is 12.6 Å². The second-order valence-electron chi connectivity index (χ2n) is 7.29. The summed E-state index contributed by atoms with van der Waals surface area (Å²) in [5.74, 6) is 0.00747. The van der Waals surface area contributed by atoms with E-state index < -0.39 is 0 Å². The molecule has 1 amide bonds. The third kappa shape index (κ3) is 3.15. The Bertz CT molecular complexity index is 963. The highest BCUT2D eigenvalue weighted by molar-refractivity contribution is 5.93. The van der Waals surface area contributed by atoms with Gasteiger partial charge in [0.25, 0.3) is 0 Å². The average Bonchev–Trinajstić information content (AvgIpc) is 3.00. The van der Waals surface area contributed by atoms with Crippen LogP contribution in [0.1, 0.15) is 28.3 Å². The molecule has 1 aliphatic carbocycles. The first kappa shape index (κ1) is 17.5. The van der Waals surface area contributed by atoms with E-state index in [1.165, 1.54) is 27.8 Å². The molecule has 0 aliphatic heterocycles. The van der Waals surface area contributed by atoms with E-state index in [9.17, 15) is 4.79 Å². The van der Waals surface area contributed by atoms with Crippen molar-refractivity contribution < 1.29 is 4.79 Å². The molecule has 136 valence electrons. The molecule has 0 saturated carbocycles. The molecule has 0 fully saturated rings. The van der Waals surface area contributed by atoms with Gasteiger partial charge in [-0.2, -0.15) is 0 Å². The summed E-state index contributed by atoms with van der Waals surface area (Å²) in [4.78, 5) is 14.8. The molecule has 0 atom stereocenters. The maximum atomic E-state index is 12.7. The molecule has 1 aliphatic rings. The van der Waals surface area contributed by atoms with E-state index in [2.05, 4.69) is 71.7 Å². The Hall–Kier alpha value is -2.91. The third-order valence-electron chi connectivity index (χ3n) is 5.51. The summed E-state index contributed by atoms with van der Waals surface area (Å²) in [5.41, 5.74) is 8.24. The largest absolute Gasteiger partial charge is 0.325 e. The molecule has 0 spiro atoms. The summed E-state index contributed by atoms with van der Waals surface area (Å²) in [6.07, 6.45) is 0. The van der Waals surface area contributed by atoms with Gasteiger partial charge in [-0.3, -0.25) is 9.69 Å². The number of likely N-dealkylation sites (N-methyl/N-ethyl adjacent to an activating group) is 1. The maximum absolute atomic E-state index is 12.7. The van der Waals surface area contributed by atoms with Crippen LogP contribution in [0.3, 0.4) is 0 Å². The van der Waals surface area contributed by atoms with Crippen LogP contribution in [0.25, 0.3) is 11.1 Å². The summed E-state index contributed by atoms with van der Waals surface area (Å²) in [6.45, 7) is 4.43. The first-order valence-corrected chi connectivity index (χ1v) is 9.31. The molecular formula is C24H24N2O. The SMILES string of the molecule is Cc1cccc(NC(=O)CN(C)C2c3ccccc3-c3ccccc32)c1C. The minimum Gasteiger partial charge on any atom is -0.325 e. The molecule has 3 aromatic rings. The van der Waals surface area contributed by atoms with E-state index in [0.29, 0.717) is 6.54 Å². The van der Waals surface area contributed by atoms with Gasteiger partial charge in [0, 0.05) is 5.69 Å². The van der Waals surface area contributed by atoms with E-state index >= 15 is 0 Å². The standard InChI is InChI=1S/C24H24N2O/c1-16-9-8-14-22(17(16)2)25-23(27)15-26(3)24-20-12-6-4-10-18(20)19-11-5-7-13-21(19)24/h4-14,24H,15H2,1-3H3,(H,25,27). The molecule has 0 aromatic heterocycles. The highest BCUT2D eigenvalue weighted by atomic mass is 16.2. The number of nitrogens with one attached hydrogen (secondary N) is 1. The van der Waals surface area contributed by atoms with Gasteiger partial charge in [0.2, 0.25) is 5.91 Å². The zero-order chi connectivity index (χ0) is 19.0. The van der Waals surface area contributed by atoms with Crippen LogP contribution in [0.4, 0.5) is 5.69 Å². The van der Waals surface area contributed by atoms with E-state index in [1.54, 1.807) is 0 Å². The Labute approximate surface area is 160 Å². The smallest absolute Gasteiger partial charge is 0.238 e. The second-order valence-corrected chi connectivity index (χ2v) is 7.29. The number of carbonyl (C=O) groups excluding carboxylic acids is 1. The fourth-order valence-electron chi connectivity index (χ4n) is 4.00. The van der Waals surface area contributed by atoms with Crippen LogP contribution in [0.15, 0.2) is 66.7 Å². The number of rotatable bonds is 4. The Kier molecular flexibility index (Phi) is 4.54. The number of hydrogen-bond acceptors (Lipinski definition) is 2. The van der Waals surface area contributed by atoms with Crippen LogP contribution in [0.2, 0.25) is 0 Å². The van der Waals surface area contributed by atoms with Gasteiger partial charge in [0.1, 0.15) is 0 Å². The third-order valence-corrected chi connectivity index (χ3v) is 5.51. The summed E-state index contributed by atoms with van der Waals surface area (Å²) < 4.78 is 0. The van der Waals surface area contributed by atoms with Crippen molar-refractivity contribution in [3.8, 4) is 11.1 Å². The first-order valence-electron chi connectivity index (χ1n) is 9.31. The molecule has 0 saturated heterocycles. The summed E-state index contributed by atoms with van der Waals surface area (Å²) >= 11 is 0. The van der Waals surface area contributed by atoms with Crippen molar-refractivity contribution in [3.63, 3.8) is 0 Å². The van der Waals surface area contributed by atoms with Gasteiger partial charge in [0.15, 0.2) is 0 Å². The molecule has 0 bridgehead atoms. The van der Waals surface area contributed by atoms with E-state index in [0.717, 1.165) is 11.3 Å². The van der Waals surface area contributed by atoms with Crippen LogP contribution in [0.5, 0.6) is 0 Å². The first-order chi connectivity index (χ1) is 13.1. The second kappa shape index (κ2) is 7.01. The zero-order valence-corrected chi connectivity index (χ0v) is 16.0. The van der Waals surface area contributed by atoms with Crippen LogP contribution in [-0.2, 0) is 4.79 Å². The van der Waals surface area contributed by atoms with Crippen LogP contribution >= 0.6 is 0 Å². The van der Waals surface area contributed by atoms with Crippen molar-refractivity contribution in [2.24, 2.45) is 0 Å². The van der Waals surface area contributed by atoms with Crippen LogP contribution in [0, 0.1) is 13.8 Å². The lowest BCUT2D eigenvalue weighted by Gasteiger charge is -2.26. The predicted octanol–water partition coefficient (Wildman–Crippen LogP) is 4.94. The molecule has 1 N–H and O–H groups in total. The summed E-state index contributed by atoms with van der Waals surface area (Å²) in [6, 6.07) is 23.0. The van der Waals surface area contributed by atoms with Crippen molar-refractivity contribution >= 4 is 11.6 Å². The lowest BCUT2D eigenvalue weighted by atomic mass is 10.0. The lowest BCUT2D eigenvalue weighted by molar-refractivity contribution is -0.117. The van der Waals surface area contributed by atoms with Gasteiger partial charge >= 0.3 is 0 Å². The van der Waals surface area contributed by atoms with E-state index in [4.69, 9.17) is 0 Å². The number of amides is 1. The van der Waals surface area contributed by atoms with Gasteiger partial charge in [-0.15, -0.1) is 0 Å². The quantitative estimate of drug-likeness (QED) is 0.718. The predicted molar refractivity (Wildman–Crippen MR) is 111 cm³/mol. The molecule has 3 heteroatoms. The van der Waals surface area contributed by atoms with E-state index in [1.807, 2.05) is 26.1 Å². The van der Waals surface area contributed by atoms with Gasteiger partial charge < -0.3 is 5.32 Å². The van der Waals surface area contributed by atoms with Gasteiger partial charge in [-0.1, -0.05) is 60.7 Å². The maximum Gasteiger partial charge on any atom is 0.238 e. The zero-order valence-electron chi connectivity index (χ0n) is 16.0. The molecule has 27 heavy (non-hydrogen) atoms. The highest BCUT2D eigenvalue weighted by Gasteiger charge is 2.31. The number of aryl methyl sites for hydroxylation is 1. The number of carbonyl (C=O) groups is 1.